The maximum Gasteiger partial charge on any atom is 0.253 e. The van der Waals surface area contributed by atoms with Gasteiger partial charge in [0.15, 0.2) is 0 Å². The smallest absolute Gasteiger partial charge is 0.253 e. The van der Waals surface area contributed by atoms with Gasteiger partial charge in [-0.1, -0.05) is 0 Å². The summed E-state index contributed by atoms with van der Waals surface area (Å²) in [5, 5.41) is 0. The molecule has 0 spiro atoms. The van der Waals surface area contributed by atoms with Gasteiger partial charge in [-0.3, -0.25) is 9.59 Å². The Kier molecular flexibility index (Phi) is 8.70. The predicted molar refractivity (Wildman–Crippen MR) is 117 cm³/mol. The Morgan fingerprint density at radius 2 is 1.07 bits per heavy atom. The molecular weight excluding hydrogens is 380 g/mol. The van der Waals surface area contributed by atoms with E-state index < -0.39 is 0 Å². The van der Waals surface area contributed by atoms with Crippen molar-refractivity contribution in [2.75, 3.05) is 53.6 Å². The normalized spacial score (nSPS) is 18.6. The van der Waals surface area contributed by atoms with Crippen LogP contribution in [0.25, 0.3) is 0 Å². The Bertz CT molecular complexity index is 616. The summed E-state index contributed by atoms with van der Waals surface area (Å²) in [6.07, 6.45) is 6.27. The Morgan fingerprint density at radius 1 is 0.733 bits per heavy atom. The van der Waals surface area contributed by atoms with Crippen LogP contribution in [0.2, 0.25) is 0 Å². The topological polar surface area (TPSA) is 59.1 Å². The van der Waals surface area contributed by atoms with E-state index in [9.17, 15) is 9.59 Å². The van der Waals surface area contributed by atoms with E-state index >= 15 is 0 Å². The number of rotatable bonds is 8. The summed E-state index contributed by atoms with van der Waals surface area (Å²) in [5.41, 5.74) is 1.33. The highest BCUT2D eigenvalue weighted by molar-refractivity contribution is 5.97. The lowest BCUT2D eigenvalue weighted by atomic mass is 9.93. The van der Waals surface area contributed by atoms with E-state index in [1.807, 2.05) is 9.80 Å². The van der Waals surface area contributed by atoms with E-state index in [1.54, 1.807) is 38.5 Å². The summed E-state index contributed by atoms with van der Waals surface area (Å²) >= 11 is 0. The quantitative estimate of drug-likeness (QED) is 0.651. The number of ether oxygens (including phenoxy) is 2. The lowest BCUT2D eigenvalue weighted by molar-refractivity contribution is 0.0657. The van der Waals surface area contributed by atoms with Gasteiger partial charge in [-0.15, -0.1) is 0 Å². The van der Waals surface area contributed by atoms with Crippen molar-refractivity contribution in [3.8, 4) is 0 Å². The first-order valence-electron chi connectivity index (χ1n) is 11.3. The standard InChI is InChI=1S/C24H36N2O4/c1-29-17-11-19-7-13-25(14-8-19)23(27)21-3-5-22(6-4-21)24(28)26-15-9-20(10-16-26)12-18-30-2/h3-6,19-20H,7-18H2,1-2H3. The van der Waals surface area contributed by atoms with Crippen LogP contribution in [0.3, 0.4) is 0 Å². The number of hydrogen-bond donors (Lipinski definition) is 0. The molecule has 166 valence electrons. The van der Waals surface area contributed by atoms with Crippen LogP contribution < -0.4 is 0 Å². The zero-order valence-electron chi connectivity index (χ0n) is 18.5. The molecule has 0 atom stereocenters. The molecule has 1 aromatic carbocycles. The molecule has 3 rings (SSSR count). The molecule has 2 aliphatic heterocycles. The fraction of sp³-hybridized carbons (Fsp3) is 0.667. The van der Waals surface area contributed by atoms with Crippen molar-refractivity contribution in [2.24, 2.45) is 11.8 Å². The first-order chi connectivity index (χ1) is 14.6. The van der Waals surface area contributed by atoms with Gasteiger partial charge in [0.1, 0.15) is 0 Å². The van der Waals surface area contributed by atoms with Gasteiger partial charge in [0.05, 0.1) is 0 Å². The zero-order chi connectivity index (χ0) is 21.3. The summed E-state index contributed by atoms with van der Waals surface area (Å²) in [7, 11) is 3.47. The maximum atomic E-state index is 12.8. The van der Waals surface area contributed by atoms with Crippen molar-refractivity contribution >= 4 is 11.8 Å². The van der Waals surface area contributed by atoms with Crippen LogP contribution in [0, 0.1) is 11.8 Å². The summed E-state index contributed by atoms with van der Waals surface area (Å²) in [6, 6.07) is 7.21. The third kappa shape index (κ3) is 6.05. The van der Waals surface area contributed by atoms with Crippen molar-refractivity contribution in [1.29, 1.82) is 0 Å². The van der Waals surface area contributed by atoms with Gasteiger partial charge in [-0.05, 0) is 74.6 Å². The molecule has 0 saturated carbocycles. The molecule has 2 heterocycles. The Labute approximate surface area is 180 Å². The van der Waals surface area contributed by atoms with Crippen LogP contribution in [0.1, 0.15) is 59.2 Å². The van der Waals surface area contributed by atoms with Crippen molar-refractivity contribution in [2.45, 2.75) is 38.5 Å². The zero-order valence-corrected chi connectivity index (χ0v) is 18.5. The molecule has 2 amide bonds. The second kappa shape index (κ2) is 11.5. The molecule has 2 saturated heterocycles. The van der Waals surface area contributed by atoms with E-state index in [0.29, 0.717) is 23.0 Å². The van der Waals surface area contributed by atoms with Gasteiger partial charge in [-0.2, -0.15) is 0 Å². The lowest BCUT2D eigenvalue weighted by Crippen LogP contribution is -2.39. The number of amides is 2. The summed E-state index contributed by atoms with van der Waals surface area (Å²) in [4.78, 5) is 29.5. The summed E-state index contributed by atoms with van der Waals surface area (Å²) < 4.78 is 10.3. The average Bonchev–Trinajstić information content (AvgIpc) is 2.81. The highest BCUT2D eigenvalue weighted by Crippen LogP contribution is 2.24. The Hall–Kier alpha value is -1.92. The SMILES string of the molecule is COCCC1CCN(C(=O)c2ccc(C(=O)N3CCC(CCOC)CC3)cc2)CC1. The Morgan fingerprint density at radius 3 is 1.37 bits per heavy atom. The highest BCUT2D eigenvalue weighted by atomic mass is 16.5. The second-order valence-corrected chi connectivity index (χ2v) is 8.61. The molecular formula is C24H36N2O4. The molecule has 0 aromatic heterocycles. The molecule has 30 heavy (non-hydrogen) atoms. The monoisotopic (exact) mass is 416 g/mol. The molecule has 1 aromatic rings. The van der Waals surface area contributed by atoms with Crippen molar-refractivity contribution in [3.05, 3.63) is 35.4 Å². The van der Waals surface area contributed by atoms with Crippen molar-refractivity contribution in [3.63, 3.8) is 0 Å². The summed E-state index contributed by atoms with van der Waals surface area (Å²) in [5.74, 6) is 1.43. The molecule has 6 heteroatoms. The first kappa shape index (κ1) is 22.8. The number of likely N-dealkylation sites (tertiary alicyclic amines) is 2. The van der Waals surface area contributed by atoms with E-state index in [4.69, 9.17) is 9.47 Å². The molecule has 0 aliphatic carbocycles. The molecule has 0 radical (unpaired) electrons. The van der Waals surface area contributed by atoms with E-state index in [0.717, 1.165) is 77.9 Å². The molecule has 0 unspecified atom stereocenters. The number of nitrogens with zero attached hydrogens (tertiary/aromatic N) is 2. The second-order valence-electron chi connectivity index (χ2n) is 8.61. The average molecular weight is 417 g/mol. The number of benzene rings is 1. The first-order valence-corrected chi connectivity index (χ1v) is 11.3. The van der Waals surface area contributed by atoms with Crippen molar-refractivity contribution < 1.29 is 19.1 Å². The predicted octanol–water partition coefficient (Wildman–Crippen LogP) is 3.46. The van der Waals surface area contributed by atoms with Crippen LogP contribution in [0.4, 0.5) is 0 Å². The van der Waals surface area contributed by atoms with Crippen molar-refractivity contribution in [1.82, 2.24) is 9.80 Å². The van der Waals surface area contributed by atoms with Gasteiger partial charge >= 0.3 is 0 Å². The minimum Gasteiger partial charge on any atom is -0.385 e. The van der Waals surface area contributed by atoms with Gasteiger partial charge in [0.2, 0.25) is 0 Å². The number of hydrogen-bond acceptors (Lipinski definition) is 4. The van der Waals surface area contributed by atoms with Crippen LogP contribution in [-0.2, 0) is 9.47 Å². The molecule has 2 aliphatic rings. The van der Waals surface area contributed by atoms with Crippen LogP contribution in [0.5, 0.6) is 0 Å². The van der Waals surface area contributed by atoms with Crippen LogP contribution >= 0.6 is 0 Å². The summed E-state index contributed by atoms with van der Waals surface area (Å²) in [6.45, 7) is 4.77. The lowest BCUT2D eigenvalue weighted by Gasteiger charge is -2.32. The fourth-order valence-electron chi connectivity index (χ4n) is 4.54. The maximum absolute atomic E-state index is 12.8. The van der Waals surface area contributed by atoms with E-state index in [1.165, 1.54) is 0 Å². The van der Waals surface area contributed by atoms with Gasteiger partial charge in [0.25, 0.3) is 11.8 Å². The van der Waals surface area contributed by atoms with Crippen LogP contribution in [-0.4, -0.2) is 75.2 Å². The third-order valence-electron chi connectivity index (χ3n) is 6.64. The minimum absolute atomic E-state index is 0.0677. The van der Waals surface area contributed by atoms with E-state index in [2.05, 4.69) is 0 Å². The largest absolute Gasteiger partial charge is 0.385 e. The van der Waals surface area contributed by atoms with E-state index in [-0.39, 0.29) is 11.8 Å². The number of carbonyl (C=O) groups is 2. The Balaban J connectivity index is 1.49. The number of carbonyl (C=O) groups excluding carboxylic acids is 2. The number of methoxy groups -OCH3 is 2. The number of piperidine rings is 2. The molecule has 0 bridgehead atoms. The minimum atomic E-state index is 0.0677. The molecule has 0 N–H and O–H groups in total. The molecule has 2 fully saturated rings. The van der Waals surface area contributed by atoms with Gasteiger partial charge in [0, 0.05) is 64.7 Å². The fourth-order valence-corrected chi connectivity index (χ4v) is 4.54. The highest BCUT2D eigenvalue weighted by Gasteiger charge is 2.25. The third-order valence-corrected chi connectivity index (χ3v) is 6.64. The van der Waals surface area contributed by atoms with Gasteiger partial charge < -0.3 is 19.3 Å². The molecule has 6 nitrogen and oxygen atoms in total. The van der Waals surface area contributed by atoms with Crippen LogP contribution in [0.15, 0.2) is 24.3 Å². The van der Waals surface area contributed by atoms with Gasteiger partial charge in [-0.25, -0.2) is 0 Å².